The van der Waals surface area contributed by atoms with Crippen LogP contribution in [0.1, 0.15) is 41.7 Å². The van der Waals surface area contributed by atoms with Crippen LogP contribution in [0.15, 0.2) is 24.3 Å². The maximum Gasteiger partial charge on any atom is 0.267 e. The number of carbonyl (C=O) groups excluding carboxylic acids is 1. The van der Waals surface area contributed by atoms with Gasteiger partial charge >= 0.3 is 0 Å². The number of carbonyl (C=O) groups is 1. The number of phenols is 1. The summed E-state index contributed by atoms with van der Waals surface area (Å²) in [5, 5.41) is 13.4. The second kappa shape index (κ2) is 5.81. The van der Waals surface area contributed by atoms with E-state index < -0.39 is 0 Å². The van der Waals surface area contributed by atoms with Gasteiger partial charge in [0.15, 0.2) is 0 Å². The number of amides is 1. The van der Waals surface area contributed by atoms with E-state index in [1.165, 1.54) is 0 Å². The molecule has 0 radical (unpaired) electrons. The Bertz CT molecular complexity index is 629. The molecule has 0 fully saturated rings. The highest BCUT2D eigenvalue weighted by atomic mass is 32.1. The molecule has 2 aromatic rings. The maximum absolute atomic E-state index is 12.6. The van der Waals surface area contributed by atoms with Gasteiger partial charge in [0.2, 0.25) is 0 Å². The van der Waals surface area contributed by atoms with Crippen molar-refractivity contribution in [3.8, 4) is 5.75 Å². The number of aromatic hydroxyl groups is 1. The van der Waals surface area contributed by atoms with E-state index in [-0.39, 0.29) is 17.1 Å². The molecule has 112 valence electrons. The van der Waals surface area contributed by atoms with Crippen LogP contribution in [0.3, 0.4) is 0 Å². The molecule has 0 atom stereocenters. The average molecular weight is 305 g/mol. The predicted molar refractivity (Wildman–Crippen MR) is 82.5 cm³/mol. The van der Waals surface area contributed by atoms with Crippen LogP contribution in [0.25, 0.3) is 0 Å². The van der Waals surface area contributed by atoms with E-state index >= 15 is 0 Å². The monoisotopic (exact) mass is 305 g/mol. The highest BCUT2D eigenvalue weighted by Gasteiger charge is 2.27. The summed E-state index contributed by atoms with van der Waals surface area (Å²) in [7, 11) is 1.75. The summed E-state index contributed by atoms with van der Waals surface area (Å²) in [6, 6.07) is 6.83. The minimum Gasteiger partial charge on any atom is -0.508 e. The number of aromatic nitrogens is 2. The molecule has 0 spiro atoms. The van der Waals surface area contributed by atoms with E-state index in [2.05, 4.69) is 9.59 Å². The zero-order chi connectivity index (χ0) is 15.6. The lowest BCUT2D eigenvalue weighted by atomic mass is 9.91. The molecule has 0 bridgehead atoms. The molecule has 5 nitrogen and oxygen atoms in total. The van der Waals surface area contributed by atoms with Crippen molar-refractivity contribution in [1.29, 1.82) is 0 Å². The molecule has 0 aliphatic carbocycles. The van der Waals surface area contributed by atoms with Gasteiger partial charge in [-0.25, -0.2) is 0 Å². The minimum absolute atomic E-state index is 0.0806. The Kier molecular flexibility index (Phi) is 4.27. The van der Waals surface area contributed by atoms with Gasteiger partial charge in [-0.3, -0.25) is 4.79 Å². The molecule has 0 unspecified atom stereocenters. The van der Waals surface area contributed by atoms with E-state index in [4.69, 9.17) is 0 Å². The van der Waals surface area contributed by atoms with Crippen LogP contribution in [0.2, 0.25) is 0 Å². The first-order chi connectivity index (χ1) is 9.79. The van der Waals surface area contributed by atoms with E-state index in [9.17, 15) is 9.90 Å². The van der Waals surface area contributed by atoms with Gasteiger partial charge in [-0.2, -0.15) is 0 Å². The van der Waals surface area contributed by atoms with E-state index in [0.29, 0.717) is 11.4 Å². The summed E-state index contributed by atoms with van der Waals surface area (Å²) >= 11 is 1.13. The third-order valence-electron chi connectivity index (χ3n) is 3.10. The molecule has 2 rings (SSSR count). The molecule has 0 aliphatic heterocycles. The molecule has 0 aliphatic rings. The van der Waals surface area contributed by atoms with Crippen molar-refractivity contribution in [2.75, 3.05) is 7.05 Å². The van der Waals surface area contributed by atoms with E-state index in [1.807, 2.05) is 20.8 Å². The normalized spacial score (nSPS) is 11.4. The smallest absolute Gasteiger partial charge is 0.267 e. The van der Waals surface area contributed by atoms with Crippen molar-refractivity contribution in [3.05, 3.63) is 40.4 Å². The molecule has 1 heterocycles. The molecule has 0 saturated heterocycles. The second-order valence-corrected chi connectivity index (χ2v) is 6.78. The van der Waals surface area contributed by atoms with Crippen molar-refractivity contribution in [2.45, 2.75) is 32.7 Å². The zero-order valence-corrected chi connectivity index (χ0v) is 13.4. The summed E-state index contributed by atoms with van der Waals surface area (Å²) in [4.78, 5) is 14.8. The number of hydrogen-bond donors (Lipinski definition) is 1. The van der Waals surface area contributed by atoms with Gasteiger partial charge in [-0.15, -0.1) is 5.10 Å². The second-order valence-electron chi connectivity index (χ2n) is 6.03. The molecular formula is C15H19N3O2S. The van der Waals surface area contributed by atoms with Crippen molar-refractivity contribution < 1.29 is 9.90 Å². The van der Waals surface area contributed by atoms with Gasteiger partial charge in [0.25, 0.3) is 5.91 Å². The average Bonchev–Trinajstić information content (AvgIpc) is 2.89. The number of rotatable bonds is 3. The fourth-order valence-corrected chi connectivity index (χ4v) is 2.81. The first-order valence-corrected chi connectivity index (χ1v) is 7.42. The Hall–Kier alpha value is -1.95. The number of nitrogens with zero attached hydrogens (tertiary/aromatic N) is 3. The molecule has 1 aromatic carbocycles. The highest BCUT2D eigenvalue weighted by molar-refractivity contribution is 7.08. The standard InChI is InChI=1S/C15H19N3O2S/c1-15(2,3)13-12(21-17-16-13)14(20)18(4)9-10-5-7-11(19)8-6-10/h5-8,19H,9H2,1-4H3. The van der Waals surface area contributed by atoms with Crippen LogP contribution >= 0.6 is 11.5 Å². The Morgan fingerprint density at radius 2 is 1.90 bits per heavy atom. The maximum atomic E-state index is 12.6. The van der Waals surface area contributed by atoms with Crippen molar-refractivity contribution >= 4 is 17.4 Å². The largest absolute Gasteiger partial charge is 0.508 e. The van der Waals surface area contributed by atoms with Crippen molar-refractivity contribution in [2.24, 2.45) is 0 Å². The van der Waals surface area contributed by atoms with Crippen LogP contribution < -0.4 is 0 Å². The van der Waals surface area contributed by atoms with Crippen LogP contribution in [-0.2, 0) is 12.0 Å². The summed E-state index contributed by atoms with van der Waals surface area (Å²) in [5.41, 5.74) is 1.48. The topological polar surface area (TPSA) is 66.3 Å². The molecule has 6 heteroatoms. The van der Waals surface area contributed by atoms with Gasteiger partial charge in [0, 0.05) is 19.0 Å². The zero-order valence-electron chi connectivity index (χ0n) is 12.6. The quantitative estimate of drug-likeness (QED) is 0.947. The first kappa shape index (κ1) is 15.4. The van der Waals surface area contributed by atoms with Gasteiger partial charge in [-0.1, -0.05) is 37.4 Å². The van der Waals surface area contributed by atoms with Gasteiger partial charge in [0.1, 0.15) is 10.6 Å². The Morgan fingerprint density at radius 1 is 1.29 bits per heavy atom. The number of phenolic OH excluding ortho intramolecular Hbond substituents is 1. The third kappa shape index (κ3) is 3.58. The molecule has 1 aromatic heterocycles. The van der Waals surface area contributed by atoms with Gasteiger partial charge < -0.3 is 10.0 Å². The SMILES string of the molecule is CN(Cc1ccc(O)cc1)C(=O)c1snnc1C(C)(C)C. The fourth-order valence-electron chi connectivity index (χ4n) is 1.94. The summed E-state index contributed by atoms with van der Waals surface area (Å²) in [6.45, 7) is 6.52. The van der Waals surface area contributed by atoms with Crippen molar-refractivity contribution in [1.82, 2.24) is 14.5 Å². The molecular weight excluding hydrogens is 286 g/mol. The van der Waals surface area contributed by atoms with Crippen LogP contribution in [-0.4, -0.2) is 32.5 Å². The van der Waals surface area contributed by atoms with Gasteiger partial charge in [0.05, 0.1) is 5.69 Å². The highest BCUT2D eigenvalue weighted by Crippen LogP contribution is 2.27. The van der Waals surface area contributed by atoms with Crippen LogP contribution in [0.5, 0.6) is 5.75 Å². The molecule has 0 saturated carbocycles. The van der Waals surface area contributed by atoms with Crippen molar-refractivity contribution in [3.63, 3.8) is 0 Å². The molecule has 1 amide bonds. The lowest BCUT2D eigenvalue weighted by Crippen LogP contribution is -2.28. The van der Waals surface area contributed by atoms with E-state index in [0.717, 1.165) is 22.8 Å². The van der Waals surface area contributed by atoms with E-state index in [1.54, 1.807) is 36.2 Å². The summed E-state index contributed by atoms with van der Waals surface area (Å²) in [5.74, 6) is 0.136. The predicted octanol–water partition coefficient (Wildman–Crippen LogP) is 2.81. The molecule has 21 heavy (non-hydrogen) atoms. The Balaban J connectivity index is 2.16. The summed E-state index contributed by atoms with van der Waals surface area (Å²) < 4.78 is 3.92. The number of benzene rings is 1. The molecule has 1 N–H and O–H groups in total. The Labute approximate surface area is 128 Å². The Morgan fingerprint density at radius 3 is 2.48 bits per heavy atom. The third-order valence-corrected chi connectivity index (χ3v) is 3.81. The lowest BCUT2D eigenvalue weighted by Gasteiger charge is -2.20. The number of hydrogen-bond acceptors (Lipinski definition) is 5. The minimum atomic E-state index is -0.211. The first-order valence-electron chi connectivity index (χ1n) is 6.65. The fraction of sp³-hybridized carbons (Fsp3) is 0.400. The van der Waals surface area contributed by atoms with Gasteiger partial charge in [-0.05, 0) is 29.2 Å². The summed E-state index contributed by atoms with van der Waals surface area (Å²) in [6.07, 6.45) is 0. The van der Waals surface area contributed by atoms with Crippen LogP contribution in [0, 0.1) is 0 Å². The lowest BCUT2D eigenvalue weighted by molar-refractivity contribution is 0.0787. The van der Waals surface area contributed by atoms with Crippen LogP contribution in [0.4, 0.5) is 0 Å².